The Kier molecular flexibility index (Phi) is 6.27. The minimum Gasteiger partial charge on any atom is -0.327 e. The third-order valence-corrected chi connectivity index (χ3v) is 2.90. The van der Waals surface area contributed by atoms with Gasteiger partial charge in [0.25, 0.3) is 5.69 Å². The van der Waals surface area contributed by atoms with Gasteiger partial charge in [0.05, 0.1) is 4.92 Å². The van der Waals surface area contributed by atoms with E-state index in [1.54, 1.807) is 0 Å². The number of benzene rings is 1. The highest BCUT2D eigenvalue weighted by molar-refractivity contribution is 6.39. The summed E-state index contributed by atoms with van der Waals surface area (Å²) in [5.74, 6) is -1.71. The molecule has 8 heteroatoms. The number of hydrogen-bond acceptors (Lipinski definition) is 4. The third-order valence-electron chi connectivity index (χ3n) is 2.58. The van der Waals surface area contributed by atoms with Crippen LogP contribution in [0.15, 0.2) is 43.5 Å². The number of nitro groups is 1. The van der Waals surface area contributed by atoms with Crippen molar-refractivity contribution in [1.82, 2.24) is 4.90 Å². The van der Waals surface area contributed by atoms with Crippen LogP contribution >= 0.6 is 11.6 Å². The normalized spacial score (nSPS) is 9.68. The maximum absolute atomic E-state index is 12.0. The summed E-state index contributed by atoms with van der Waals surface area (Å²) in [5.41, 5.74) is -0.257. The number of halogens is 1. The molecule has 1 rings (SSSR count). The van der Waals surface area contributed by atoms with Crippen LogP contribution in [0.1, 0.15) is 0 Å². The van der Waals surface area contributed by atoms with E-state index < -0.39 is 16.7 Å². The zero-order chi connectivity index (χ0) is 16.7. The van der Waals surface area contributed by atoms with Crippen LogP contribution < -0.4 is 5.32 Å². The van der Waals surface area contributed by atoms with Gasteiger partial charge in [-0.05, 0) is 12.1 Å². The fraction of sp³-hybridized carbons (Fsp3) is 0.143. The van der Waals surface area contributed by atoms with E-state index >= 15 is 0 Å². The summed E-state index contributed by atoms with van der Waals surface area (Å²) in [6.45, 7) is 7.36. The Labute approximate surface area is 132 Å². The van der Waals surface area contributed by atoms with E-state index in [0.29, 0.717) is 0 Å². The van der Waals surface area contributed by atoms with E-state index in [9.17, 15) is 19.7 Å². The molecule has 0 spiro atoms. The molecule has 1 aromatic rings. The predicted octanol–water partition coefficient (Wildman–Crippen LogP) is 2.39. The molecule has 0 bridgehead atoms. The number of carbonyl (C=O) groups excluding carboxylic acids is 2. The SMILES string of the molecule is C=CCN(CC=C)C(=O)C(=O)Nc1ccc(Cl)c([N+](=O)[O-])c1. The Morgan fingerprint density at radius 1 is 1.32 bits per heavy atom. The quantitative estimate of drug-likeness (QED) is 0.376. The Hall–Kier alpha value is -2.67. The fourth-order valence-electron chi connectivity index (χ4n) is 1.61. The molecule has 0 radical (unpaired) electrons. The van der Waals surface area contributed by atoms with E-state index in [0.717, 1.165) is 6.07 Å². The minimum absolute atomic E-state index is 0.0609. The van der Waals surface area contributed by atoms with E-state index in [1.807, 2.05) is 0 Å². The first-order valence-corrected chi connectivity index (χ1v) is 6.54. The Balaban J connectivity index is 2.89. The fourth-order valence-corrected chi connectivity index (χ4v) is 1.80. The number of nitrogens with one attached hydrogen (secondary N) is 1. The largest absolute Gasteiger partial charge is 0.327 e. The average molecular weight is 324 g/mol. The van der Waals surface area contributed by atoms with Crippen LogP contribution in [0.2, 0.25) is 5.02 Å². The highest BCUT2D eigenvalue weighted by Crippen LogP contribution is 2.27. The first-order valence-electron chi connectivity index (χ1n) is 6.16. The molecule has 0 aromatic heterocycles. The first kappa shape index (κ1) is 17.4. The molecular formula is C14H14ClN3O4. The van der Waals surface area contributed by atoms with E-state index in [-0.39, 0.29) is 29.5 Å². The predicted molar refractivity (Wildman–Crippen MR) is 83.7 cm³/mol. The van der Waals surface area contributed by atoms with E-state index in [1.165, 1.54) is 29.2 Å². The van der Waals surface area contributed by atoms with Gasteiger partial charge in [0.2, 0.25) is 0 Å². The van der Waals surface area contributed by atoms with Gasteiger partial charge < -0.3 is 10.2 Å². The number of hydrogen-bond donors (Lipinski definition) is 1. The van der Waals surface area contributed by atoms with Crippen LogP contribution in [0.3, 0.4) is 0 Å². The van der Waals surface area contributed by atoms with E-state index in [4.69, 9.17) is 11.6 Å². The summed E-state index contributed by atoms with van der Waals surface area (Å²) in [4.78, 5) is 35.2. The monoisotopic (exact) mass is 323 g/mol. The summed E-state index contributed by atoms with van der Waals surface area (Å²) in [7, 11) is 0. The zero-order valence-electron chi connectivity index (χ0n) is 11.6. The molecule has 0 aliphatic rings. The van der Waals surface area contributed by atoms with Gasteiger partial charge in [-0.25, -0.2) is 0 Å². The van der Waals surface area contributed by atoms with Crippen LogP contribution in [0, 0.1) is 10.1 Å². The van der Waals surface area contributed by atoms with Crippen molar-refractivity contribution in [1.29, 1.82) is 0 Å². The van der Waals surface area contributed by atoms with Crippen molar-refractivity contribution in [2.24, 2.45) is 0 Å². The molecule has 2 amide bonds. The molecular weight excluding hydrogens is 310 g/mol. The van der Waals surface area contributed by atoms with Gasteiger partial charge in [-0.2, -0.15) is 0 Å². The number of rotatable bonds is 6. The van der Waals surface area contributed by atoms with Crippen molar-refractivity contribution < 1.29 is 14.5 Å². The maximum atomic E-state index is 12.0. The lowest BCUT2D eigenvalue weighted by Gasteiger charge is -2.18. The van der Waals surface area contributed by atoms with Gasteiger partial charge in [-0.15, -0.1) is 13.2 Å². The standard InChI is InChI=1S/C14H14ClN3O4/c1-3-7-17(8-4-2)14(20)13(19)16-10-5-6-11(15)12(9-10)18(21)22/h3-6,9H,1-2,7-8H2,(H,16,19). The van der Waals surface area contributed by atoms with Gasteiger partial charge in [-0.3, -0.25) is 19.7 Å². The van der Waals surface area contributed by atoms with Crippen molar-refractivity contribution in [2.45, 2.75) is 0 Å². The van der Waals surface area contributed by atoms with Crippen LogP contribution in [0.25, 0.3) is 0 Å². The second-order valence-corrected chi connectivity index (χ2v) is 4.57. The molecule has 0 aliphatic carbocycles. The second-order valence-electron chi connectivity index (χ2n) is 4.16. The number of anilines is 1. The molecule has 0 saturated carbocycles. The lowest BCUT2D eigenvalue weighted by molar-refractivity contribution is -0.384. The van der Waals surface area contributed by atoms with Crippen molar-refractivity contribution in [3.8, 4) is 0 Å². The lowest BCUT2D eigenvalue weighted by atomic mass is 10.2. The highest BCUT2D eigenvalue weighted by Gasteiger charge is 2.21. The van der Waals surface area contributed by atoms with Gasteiger partial charge in [0.1, 0.15) is 5.02 Å². The van der Waals surface area contributed by atoms with Gasteiger partial charge in [0, 0.05) is 24.8 Å². The van der Waals surface area contributed by atoms with Crippen molar-refractivity contribution in [2.75, 3.05) is 18.4 Å². The molecule has 0 saturated heterocycles. The highest BCUT2D eigenvalue weighted by atomic mass is 35.5. The molecule has 0 heterocycles. The van der Waals surface area contributed by atoms with Crippen molar-refractivity contribution in [3.05, 3.63) is 58.6 Å². The number of nitro benzene ring substituents is 1. The average Bonchev–Trinajstić information content (AvgIpc) is 2.47. The van der Waals surface area contributed by atoms with Crippen LogP contribution in [0.4, 0.5) is 11.4 Å². The van der Waals surface area contributed by atoms with E-state index in [2.05, 4.69) is 18.5 Å². The molecule has 1 aromatic carbocycles. The minimum atomic E-state index is -0.916. The van der Waals surface area contributed by atoms with Crippen LogP contribution in [-0.2, 0) is 9.59 Å². The summed E-state index contributed by atoms with van der Waals surface area (Å²) in [6, 6.07) is 3.72. The number of amides is 2. The molecule has 0 atom stereocenters. The maximum Gasteiger partial charge on any atom is 0.313 e. The summed E-state index contributed by atoms with van der Waals surface area (Å²) >= 11 is 5.67. The van der Waals surface area contributed by atoms with Crippen molar-refractivity contribution in [3.63, 3.8) is 0 Å². The molecule has 0 fully saturated rings. The molecule has 7 nitrogen and oxygen atoms in total. The third kappa shape index (κ3) is 4.42. The first-order chi connectivity index (χ1) is 10.4. The summed E-state index contributed by atoms with van der Waals surface area (Å²) in [6.07, 6.45) is 2.95. The van der Waals surface area contributed by atoms with Gasteiger partial charge in [0.15, 0.2) is 0 Å². The zero-order valence-corrected chi connectivity index (χ0v) is 12.4. The number of carbonyl (C=O) groups is 2. The lowest BCUT2D eigenvalue weighted by Crippen LogP contribution is -2.39. The molecule has 1 N–H and O–H groups in total. The Bertz CT molecular complexity index is 621. The van der Waals surface area contributed by atoms with Crippen LogP contribution in [0.5, 0.6) is 0 Å². The van der Waals surface area contributed by atoms with Gasteiger partial charge >= 0.3 is 11.8 Å². The Morgan fingerprint density at radius 2 is 1.91 bits per heavy atom. The summed E-state index contributed by atoms with van der Waals surface area (Å²) in [5, 5.41) is 13.0. The second kappa shape index (κ2) is 7.94. The molecule has 116 valence electrons. The topological polar surface area (TPSA) is 92.6 Å². The summed E-state index contributed by atoms with van der Waals surface area (Å²) < 4.78 is 0. The Morgan fingerprint density at radius 3 is 2.41 bits per heavy atom. The molecule has 22 heavy (non-hydrogen) atoms. The van der Waals surface area contributed by atoms with Crippen molar-refractivity contribution >= 4 is 34.8 Å². The molecule has 0 aliphatic heterocycles. The smallest absolute Gasteiger partial charge is 0.313 e. The molecule has 0 unspecified atom stereocenters. The van der Waals surface area contributed by atoms with Gasteiger partial charge in [-0.1, -0.05) is 23.8 Å². The number of nitrogens with zero attached hydrogens (tertiary/aromatic N) is 2. The van der Waals surface area contributed by atoms with Crippen LogP contribution in [-0.4, -0.2) is 34.7 Å².